The highest BCUT2D eigenvalue weighted by Crippen LogP contribution is 2.42. The third kappa shape index (κ3) is 33.8. The second-order valence-corrected chi connectivity index (χ2v) is 13.2. The van der Waals surface area contributed by atoms with Crippen LogP contribution in [0.4, 0.5) is 0 Å². The Morgan fingerprint density at radius 1 is 0.429 bits per heavy atom. The van der Waals surface area contributed by atoms with Crippen molar-refractivity contribution in [3.8, 4) is 0 Å². The fourth-order valence-corrected chi connectivity index (χ4v) is 6.07. The van der Waals surface area contributed by atoms with E-state index in [1.807, 2.05) is 0 Å². The SMILES string of the molecule is CCC(O)(O)O.CCCCCCCCC(CCCCCCCC)(CCCCCCCC)CCCCCCCCC(=O)O. The summed E-state index contributed by atoms with van der Waals surface area (Å²) >= 11 is 0. The van der Waals surface area contributed by atoms with E-state index in [1.54, 1.807) is 0 Å². The third-order valence-corrected chi connectivity index (χ3v) is 9.00. The molecule has 4 N–H and O–H groups in total. The average Bonchev–Trinajstić information content (AvgIpc) is 2.95. The van der Waals surface area contributed by atoms with E-state index in [4.69, 9.17) is 20.4 Å². The first kappa shape index (κ1) is 43.5. The Bertz CT molecular complexity index is 502. The lowest BCUT2D eigenvalue weighted by atomic mass is 9.70. The molecule has 0 bridgehead atoms. The number of unbranched alkanes of at least 4 members (excludes halogenated alkanes) is 20. The van der Waals surface area contributed by atoms with Crippen molar-refractivity contribution in [1.29, 1.82) is 0 Å². The molecular weight excluding hydrogens is 524 g/mol. The predicted octanol–water partition coefficient (Wildman–Crippen LogP) is 11.5. The van der Waals surface area contributed by atoms with Gasteiger partial charge in [-0.2, -0.15) is 0 Å². The standard InChI is InChI=1S/C34H68O2.C3H8O3/c1-4-7-10-13-19-24-29-34(30-25-20-14-11-8-5-2,31-26-21-15-12-9-6-3)32-27-22-17-16-18-23-28-33(35)36;1-2-3(4,5)6/h4-32H2,1-3H3,(H,35,36);4-6H,2H2,1H3. The van der Waals surface area contributed by atoms with E-state index in [9.17, 15) is 4.79 Å². The van der Waals surface area contributed by atoms with Gasteiger partial charge in [0.2, 0.25) is 0 Å². The largest absolute Gasteiger partial charge is 0.481 e. The number of hydrogen-bond acceptors (Lipinski definition) is 4. The van der Waals surface area contributed by atoms with Crippen molar-refractivity contribution >= 4 is 5.97 Å². The maximum Gasteiger partial charge on any atom is 0.303 e. The highest BCUT2D eigenvalue weighted by molar-refractivity contribution is 5.66. The molecule has 0 aromatic rings. The molecule has 0 amide bonds. The molecule has 254 valence electrons. The van der Waals surface area contributed by atoms with Crippen molar-refractivity contribution < 1.29 is 25.2 Å². The normalized spacial score (nSPS) is 11.9. The maximum absolute atomic E-state index is 10.7. The number of carboxylic acids is 1. The molecule has 0 aromatic heterocycles. The molecule has 0 unspecified atom stereocenters. The molecule has 42 heavy (non-hydrogen) atoms. The van der Waals surface area contributed by atoms with Gasteiger partial charge in [0, 0.05) is 12.8 Å². The monoisotopic (exact) mass is 601 g/mol. The van der Waals surface area contributed by atoms with Gasteiger partial charge in [-0.1, -0.05) is 175 Å². The van der Waals surface area contributed by atoms with Crippen molar-refractivity contribution in [3.63, 3.8) is 0 Å². The summed E-state index contributed by atoms with van der Waals surface area (Å²) in [4.78, 5) is 10.7. The average molecular weight is 601 g/mol. The molecule has 0 aliphatic rings. The zero-order valence-electron chi connectivity index (χ0n) is 28.9. The lowest BCUT2D eigenvalue weighted by Crippen LogP contribution is -2.24. The van der Waals surface area contributed by atoms with Crippen LogP contribution in [0, 0.1) is 5.41 Å². The van der Waals surface area contributed by atoms with E-state index >= 15 is 0 Å². The van der Waals surface area contributed by atoms with Gasteiger partial charge in [-0.15, -0.1) is 0 Å². The highest BCUT2D eigenvalue weighted by atomic mass is 16.7. The van der Waals surface area contributed by atoms with E-state index in [-0.39, 0.29) is 6.42 Å². The Balaban J connectivity index is 0. The first-order chi connectivity index (χ1) is 20.2. The van der Waals surface area contributed by atoms with Gasteiger partial charge in [0.05, 0.1) is 0 Å². The molecule has 0 saturated heterocycles. The smallest absolute Gasteiger partial charge is 0.303 e. The van der Waals surface area contributed by atoms with Gasteiger partial charge in [-0.3, -0.25) is 4.79 Å². The number of hydrogen-bond donors (Lipinski definition) is 4. The molecule has 0 heterocycles. The molecule has 0 atom stereocenters. The van der Waals surface area contributed by atoms with Crippen molar-refractivity contribution in [2.75, 3.05) is 0 Å². The van der Waals surface area contributed by atoms with Crippen LogP contribution in [0.1, 0.15) is 220 Å². The number of rotatable bonds is 31. The molecule has 0 radical (unpaired) electrons. The molecule has 0 aliphatic carbocycles. The molecule has 0 saturated carbocycles. The first-order valence-electron chi connectivity index (χ1n) is 18.5. The summed E-state index contributed by atoms with van der Waals surface area (Å²) in [7, 11) is 0. The van der Waals surface area contributed by atoms with Crippen LogP contribution in [0.15, 0.2) is 0 Å². The summed E-state index contributed by atoms with van der Waals surface area (Å²) in [5.74, 6) is -3.10. The Hall–Kier alpha value is -0.650. The number of aliphatic hydroxyl groups is 3. The summed E-state index contributed by atoms with van der Waals surface area (Å²) in [5, 5.41) is 32.6. The van der Waals surface area contributed by atoms with Crippen molar-refractivity contribution in [2.24, 2.45) is 5.41 Å². The Morgan fingerprint density at radius 3 is 0.905 bits per heavy atom. The van der Waals surface area contributed by atoms with Crippen LogP contribution < -0.4 is 0 Å². The van der Waals surface area contributed by atoms with E-state index in [1.165, 1.54) is 174 Å². The van der Waals surface area contributed by atoms with E-state index < -0.39 is 11.9 Å². The second-order valence-electron chi connectivity index (χ2n) is 13.2. The van der Waals surface area contributed by atoms with Gasteiger partial charge in [-0.05, 0) is 37.5 Å². The molecule has 0 spiro atoms. The van der Waals surface area contributed by atoms with Crippen LogP contribution in [-0.2, 0) is 4.79 Å². The number of carboxylic acid groups (broad SMARTS) is 1. The fourth-order valence-electron chi connectivity index (χ4n) is 6.07. The summed E-state index contributed by atoms with van der Waals surface area (Å²) < 4.78 is 0. The van der Waals surface area contributed by atoms with Crippen molar-refractivity contribution in [1.82, 2.24) is 0 Å². The molecule has 0 rings (SSSR count). The van der Waals surface area contributed by atoms with E-state index in [0.29, 0.717) is 11.8 Å². The van der Waals surface area contributed by atoms with Crippen molar-refractivity contribution in [3.05, 3.63) is 0 Å². The zero-order chi connectivity index (χ0) is 31.8. The van der Waals surface area contributed by atoms with Gasteiger partial charge in [0.15, 0.2) is 0 Å². The molecule has 5 heteroatoms. The molecule has 0 aliphatic heterocycles. The van der Waals surface area contributed by atoms with Gasteiger partial charge < -0.3 is 20.4 Å². The lowest BCUT2D eigenvalue weighted by Gasteiger charge is -2.35. The first-order valence-corrected chi connectivity index (χ1v) is 18.5. The van der Waals surface area contributed by atoms with Crippen LogP contribution in [0.3, 0.4) is 0 Å². The van der Waals surface area contributed by atoms with Crippen LogP contribution >= 0.6 is 0 Å². The minimum Gasteiger partial charge on any atom is -0.481 e. The highest BCUT2D eigenvalue weighted by Gasteiger charge is 2.28. The minimum absolute atomic E-state index is 0.0625. The predicted molar refractivity (Wildman–Crippen MR) is 181 cm³/mol. The number of aliphatic carboxylic acids is 1. The van der Waals surface area contributed by atoms with Crippen LogP contribution in [0.5, 0.6) is 0 Å². The van der Waals surface area contributed by atoms with Crippen LogP contribution in [-0.4, -0.2) is 32.4 Å². The second kappa shape index (κ2) is 31.8. The molecule has 0 aromatic carbocycles. The van der Waals surface area contributed by atoms with Gasteiger partial charge >= 0.3 is 5.97 Å². The molecule has 0 fully saturated rings. The Kier molecular flexibility index (Phi) is 32.9. The summed E-state index contributed by atoms with van der Waals surface area (Å²) in [6, 6.07) is 0. The van der Waals surface area contributed by atoms with E-state index in [2.05, 4.69) is 20.8 Å². The molecular formula is C37H76O5. The Labute approximate surface area is 262 Å². The summed E-state index contributed by atoms with van der Waals surface area (Å²) in [6.07, 6.45) is 38.9. The van der Waals surface area contributed by atoms with Gasteiger partial charge in [-0.25, -0.2) is 0 Å². The fraction of sp³-hybridized carbons (Fsp3) is 0.973. The van der Waals surface area contributed by atoms with Crippen LogP contribution in [0.2, 0.25) is 0 Å². The third-order valence-electron chi connectivity index (χ3n) is 9.00. The van der Waals surface area contributed by atoms with Crippen LogP contribution in [0.25, 0.3) is 0 Å². The van der Waals surface area contributed by atoms with Crippen molar-refractivity contribution in [2.45, 2.75) is 226 Å². The minimum atomic E-state index is -2.46. The topological polar surface area (TPSA) is 98.0 Å². The number of carbonyl (C=O) groups is 1. The Morgan fingerprint density at radius 2 is 0.667 bits per heavy atom. The van der Waals surface area contributed by atoms with E-state index in [0.717, 1.165) is 12.8 Å². The maximum atomic E-state index is 10.7. The molecule has 5 nitrogen and oxygen atoms in total. The quantitative estimate of drug-likeness (QED) is 0.0468. The van der Waals surface area contributed by atoms with Gasteiger partial charge in [0.25, 0.3) is 5.97 Å². The summed E-state index contributed by atoms with van der Waals surface area (Å²) in [6.45, 7) is 8.41. The zero-order valence-corrected chi connectivity index (χ0v) is 28.9. The van der Waals surface area contributed by atoms with Gasteiger partial charge in [0.1, 0.15) is 0 Å². The lowest BCUT2D eigenvalue weighted by molar-refractivity contribution is -0.312. The summed E-state index contributed by atoms with van der Waals surface area (Å²) in [5.41, 5.74) is 0.601.